The molecule has 61 heavy (non-hydrogen) atoms. The van der Waals surface area contributed by atoms with E-state index in [1.54, 1.807) is 0 Å². The van der Waals surface area contributed by atoms with Gasteiger partial charge in [0.25, 0.3) is 0 Å². The summed E-state index contributed by atoms with van der Waals surface area (Å²) in [5.41, 5.74) is 0. The van der Waals surface area contributed by atoms with Crippen LogP contribution in [-0.2, 0) is 28.6 Å². The first-order chi connectivity index (χ1) is 30.0. The Morgan fingerprint density at radius 1 is 0.344 bits per heavy atom. The molecule has 342 valence electrons. The minimum absolute atomic E-state index is 0.121. The molecule has 0 aliphatic rings. The molecule has 0 saturated heterocycles. The van der Waals surface area contributed by atoms with E-state index in [-0.39, 0.29) is 44.0 Å². The molecule has 1 atom stereocenters. The molecule has 0 radical (unpaired) electrons. The van der Waals surface area contributed by atoms with Crippen LogP contribution in [0.1, 0.15) is 188 Å². The zero-order valence-electron chi connectivity index (χ0n) is 38.9. The summed E-state index contributed by atoms with van der Waals surface area (Å²) in [5.74, 6) is -1.06. The van der Waals surface area contributed by atoms with E-state index in [0.29, 0.717) is 12.8 Å². The number of rotatable bonds is 41. The Labute approximate surface area is 373 Å². The molecule has 0 aliphatic carbocycles. The highest BCUT2D eigenvalue weighted by atomic mass is 16.6. The molecule has 6 nitrogen and oxygen atoms in total. The van der Waals surface area contributed by atoms with Crippen LogP contribution in [0.25, 0.3) is 0 Å². The van der Waals surface area contributed by atoms with Crippen LogP contribution in [0, 0.1) is 0 Å². The second-order valence-electron chi connectivity index (χ2n) is 15.2. The summed E-state index contributed by atoms with van der Waals surface area (Å²) in [5, 5.41) is 0. The minimum Gasteiger partial charge on any atom is -0.462 e. The van der Waals surface area contributed by atoms with E-state index in [2.05, 4.69) is 130 Å². The standard InChI is InChI=1S/C55H86O6/c1-4-7-10-13-16-19-22-24-26-27-28-29-30-32-33-36-39-42-45-48-54(57)60-51-52(50-59-53(56)47-44-41-38-35-21-18-15-12-9-6-3)61-55(58)49-46-43-40-37-34-31-25-23-20-17-14-11-8-5-2/h7-8,10-11,15-20,24-26,28-29,31-33,39,42,52H,4-6,9,12-14,21-23,27,30,34-38,40-41,43-51H2,1-3H3/b10-7-,11-8-,18-15-,19-16-,20-17-,26-24-,29-28-,31-25-,33-32-,42-39-. The summed E-state index contributed by atoms with van der Waals surface area (Å²) in [7, 11) is 0. The van der Waals surface area contributed by atoms with Crippen molar-refractivity contribution in [3.8, 4) is 0 Å². The van der Waals surface area contributed by atoms with E-state index in [9.17, 15) is 14.4 Å². The van der Waals surface area contributed by atoms with Crippen LogP contribution in [0.2, 0.25) is 0 Å². The van der Waals surface area contributed by atoms with Crippen molar-refractivity contribution < 1.29 is 28.6 Å². The van der Waals surface area contributed by atoms with Gasteiger partial charge in [0.15, 0.2) is 6.10 Å². The molecule has 0 bridgehead atoms. The van der Waals surface area contributed by atoms with E-state index in [4.69, 9.17) is 14.2 Å². The molecule has 0 aromatic heterocycles. The Bertz CT molecular complexity index is 1340. The van der Waals surface area contributed by atoms with Crippen LogP contribution < -0.4 is 0 Å². The van der Waals surface area contributed by atoms with Crippen LogP contribution >= 0.6 is 0 Å². The van der Waals surface area contributed by atoms with E-state index in [1.165, 1.54) is 12.8 Å². The topological polar surface area (TPSA) is 78.9 Å². The fourth-order valence-electron chi connectivity index (χ4n) is 5.87. The molecule has 0 aromatic rings. The third-order valence-electron chi connectivity index (χ3n) is 9.44. The maximum absolute atomic E-state index is 12.7. The Kier molecular flexibility index (Phi) is 45.1. The molecule has 0 aliphatic heterocycles. The van der Waals surface area contributed by atoms with Crippen molar-refractivity contribution in [3.63, 3.8) is 0 Å². The lowest BCUT2D eigenvalue weighted by molar-refractivity contribution is -0.166. The molecule has 6 heteroatoms. The third-order valence-corrected chi connectivity index (χ3v) is 9.44. The summed E-state index contributed by atoms with van der Waals surface area (Å²) < 4.78 is 16.6. The fourth-order valence-corrected chi connectivity index (χ4v) is 5.87. The number of allylic oxidation sites excluding steroid dienone is 20. The van der Waals surface area contributed by atoms with Gasteiger partial charge in [0.2, 0.25) is 0 Å². The van der Waals surface area contributed by atoms with Gasteiger partial charge in [-0.3, -0.25) is 14.4 Å². The monoisotopic (exact) mass is 843 g/mol. The number of unbranched alkanes of at least 4 members (excludes halogenated alkanes) is 10. The molecular formula is C55H86O6. The fraction of sp³-hybridized carbons (Fsp3) is 0.582. The number of esters is 3. The smallest absolute Gasteiger partial charge is 0.306 e. The number of carbonyl (C=O) groups excluding carboxylic acids is 3. The predicted octanol–water partition coefficient (Wildman–Crippen LogP) is 15.7. The van der Waals surface area contributed by atoms with Crippen LogP contribution in [0.15, 0.2) is 122 Å². The molecule has 0 amide bonds. The van der Waals surface area contributed by atoms with Gasteiger partial charge >= 0.3 is 17.9 Å². The van der Waals surface area contributed by atoms with Gasteiger partial charge in [-0.2, -0.15) is 0 Å². The van der Waals surface area contributed by atoms with E-state index < -0.39 is 6.10 Å². The Morgan fingerprint density at radius 3 is 1.10 bits per heavy atom. The van der Waals surface area contributed by atoms with E-state index >= 15 is 0 Å². The van der Waals surface area contributed by atoms with Gasteiger partial charge in [-0.05, 0) is 109 Å². The van der Waals surface area contributed by atoms with E-state index in [0.717, 1.165) is 128 Å². The predicted molar refractivity (Wildman–Crippen MR) is 260 cm³/mol. The largest absolute Gasteiger partial charge is 0.462 e. The minimum atomic E-state index is -0.826. The summed E-state index contributed by atoms with van der Waals surface area (Å²) in [4.78, 5) is 37.8. The van der Waals surface area contributed by atoms with Gasteiger partial charge in [0, 0.05) is 19.3 Å². The molecule has 0 spiro atoms. The maximum atomic E-state index is 12.7. The zero-order valence-corrected chi connectivity index (χ0v) is 38.9. The van der Waals surface area contributed by atoms with Crippen molar-refractivity contribution in [2.45, 2.75) is 194 Å². The average molecular weight is 843 g/mol. The molecule has 0 heterocycles. The quantitative estimate of drug-likeness (QED) is 0.0264. The van der Waals surface area contributed by atoms with Crippen molar-refractivity contribution in [1.82, 2.24) is 0 Å². The van der Waals surface area contributed by atoms with Crippen LogP contribution in [0.3, 0.4) is 0 Å². The highest BCUT2D eigenvalue weighted by molar-refractivity contribution is 5.71. The number of hydrogen-bond acceptors (Lipinski definition) is 6. The first kappa shape index (κ1) is 56.8. The lowest BCUT2D eigenvalue weighted by Crippen LogP contribution is -2.30. The second-order valence-corrected chi connectivity index (χ2v) is 15.2. The summed E-state index contributed by atoms with van der Waals surface area (Å²) >= 11 is 0. The van der Waals surface area contributed by atoms with Gasteiger partial charge in [0.05, 0.1) is 0 Å². The van der Waals surface area contributed by atoms with Gasteiger partial charge in [-0.1, -0.05) is 181 Å². The molecule has 1 unspecified atom stereocenters. The van der Waals surface area contributed by atoms with Crippen LogP contribution in [0.5, 0.6) is 0 Å². The second kappa shape index (κ2) is 48.5. The summed E-state index contributed by atoms with van der Waals surface area (Å²) in [6.45, 7) is 6.24. The maximum Gasteiger partial charge on any atom is 0.306 e. The molecule has 0 fully saturated rings. The van der Waals surface area contributed by atoms with Crippen LogP contribution in [-0.4, -0.2) is 37.2 Å². The van der Waals surface area contributed by atoms with Crippen molar-refractivity contribution in [2.75, 3.05) is 13.2 Å². The number of ether oxygens (including phenoxy) is 3. The van der Waals surface area contributed by atoms with Crippen molar-refractivity contribution in [3.05, 3.63) is 122 Å². The Hall–Kier alpha value is -4.19. The molecular weight excluding hydrogens is 757 g/mol. The van der Waals surface area contributed by atoms with E-state index in [1.807, 2.05) is 12.2 Å². The average Bonchev–Trinajstić information content (AvgIpc) is 3.26. The number of carbonyl (C=O) groups is 3. The van der Waals surface area contributed by atoms with Gasteiger partial charge < -0.3 is 14.2 Å². The normalized spacial score (nSPS) is 13.2. The van der Waals surface area contributed by atoms with Gasteiger partial charge in [0.1, 0.15) is 13.2 Å². The molecule has 0 rings (SSSR count). The first-order valence-electron chi connectivity index (χ1n) is 24.0. The summed E-state index contributed by atoms with van der Waals surface area (Å²) in [6, 6.07) is 0. The van der Waals surface area contributed by atoms with Gasteiger partial charge in [-0.25, -0.2) is 0 Å². The molecule has 0 saturated carbocycles. The van der Waals surface area contributed by atoms with Crippen molar-refractivity contribution in [1.29, 1.82) is 0 Å². The highest BCUT2D eigenvalue weighted by Gasteiger charge is 2.19. The van der Waals surface area contributed by atoms with Crippen LogP contribution in [0.4, 0.5) is 0 Å². The lowest BCUT2D eigenvalue weighted by Gasteiger charge is -2.18. The number of hydrogen-bond donors (Lipinski definition) is 0. The molecule has 0 aromatic carbocycles. The third kappa shape index (κ3) is 46.7. The SMILES string of the molecule is CC/C=C\C/C=C\C/C=C\C/C=C\C/C=C\C/C=C\CCC(=O)OCC(COC(=O)CCCCCC/C=C\CCCC)OC(=O)CCCCCC/C=C\C/C=C\C/C=C\CC. The zero-order chi connectivity index (χ0) is 44.4. The lowest BCUT2D eigenvalue weighted by atomic mass is 10.1. The summed E-state index contributed by atoms with van der Waals surface area (Å²) in [6.07, 6.45) is 66.2. The van der Waals surface area contributed by atoms with Crippen molar-refractivity contribution >= 4 is 17.9 Å². The van der Waals surface area contributed by atoms with Crippen molar-refractivity contribution in [2.24, 2.45) is 0 Å². The Balaban J connectivity index is 4.55. The molecule has 0 N–H and O–H groups in total. The highest BCUT2D eigenvalue weighted by Crippen LogP contribution is 2.11. The van der Waals surface area contributed by atoms with Gasteiger partial charge in [-0.15, -0.1) is 0 Å². The first-order valence-corrected chi connectivity index (χ1v) is 24.0. The Morgan fingerprint density at radius 2 is 0.672 bits per heavy atom.